The number of rotatable bonds is 5. The lowest BCUT2D eigenvalue weighted by atomic mass is 10.2. The van der Waals surface area contributed by atoms with Gasteiger partial charge in [-0.3, -0.25) is 4.57 Å². The molecule has 4 nitrogen and oxygen atoms in total. The molecule has 1 aliphatic carbocycles. The Morgan fingerprint density at radius 2 is 2.10 bits per heavy atom. The van der Waals surface area contributed by atoms with Crippen LogP contribution < -0.4 is 5.32 Å². The minimum absolute atomic E-state index is 0.561. The molecule has 0 saturated heterocycles. The van der Waals surface area contributed by atoms with E-state index in [-0.39, 0.29) is 0 Å². The van der Waals surface area contributed by atoms with E-state index in [1.54, 1.807) is 7.11 Å². The van der Waals surface area contributed by atoms with Crippen molar-refractivity contribution >= 4 is 5.95 Å². The van der Waals surface area contributed by atoms with Crippen LogP contribution in [0.25, 0.3) is 5.69 Å². The molecule has 1 aromatic heterocycles. The first kappa shape index (κ1) is 13.2. The second-order valence-corrected chi connectivity index (χ2v) is 5.31. The third-order valence-corrected chi connectivity index (χ3v) is 3.88. The number of anilines is 1. The first-order valence-electron chi connectivity index (χ1n) is 7.25. The van der Waals surface area contributed by atoms with Gasteiger partial charge in [0.05, 0.1) is 12.3 Å². The Kier molecular flexibility index (Phi) is 4.02. The predicted octanol–water partition coefficient (Wildman–Crippen LogP) is 3.37. The maximum Gasteiger partial charge on any atom is 0.207 e. The van der Waals surface area contributed by atoms with Crippen molar-refractivity contribution in [3.8, 4) is 5.69 Å². The highest BCUT2D eigenvalue weighted by molar-refractivity contribution is 5.47. The Morgan fingerprint density at radius 1 is 1.30 bits per heavy atom. The molecule has 1 fully saturated rings. The topological polar surface area (TPSA) is 39.1 Å². The summed E-state index contributed by atoms with van der Waals surface area (Å²) in [5, 5.41) is 3.57. The van der Waals surface area contributed by atoms with E-state index in [1.165, 1.54) is 31.2 Å². The molecule has 1 heterocycles. The number of methoxy groups -OCH3 is 1. The van der Waals surface area contributed by atoms with Crippen molar-refractivity contribution in [1.29, 1.82) is 0 Å². The van der Waals surface area contributed by atoms with Gasteiger partial charge in [0.25, 0.3) is 0 Å². The predicted molar refractivity (Wildman–Crippen MR) is 80.2 cm³/mol. The number of para-hydroxylation sites is 1. The molecule has 3 rings (SSSR count). The fourth-order valence-electron chi connectivity index (χ4n) is 2.88. The minimum atomic E-state index is 0.561. The van der Waals surface area contributed by atoms with Gasteiger partial charge < -0.3 is 10.1 Å². The Morgan fingerprint density at radius 3 is 2.90 bits per heavy atom. The summed E-state index contributed by atoms with van der Waals surface area (Å²) in [4.78, 5) is 4.47. The Labute approximate surface area is 119 Å². The zero-order chi connectivity index (χ0) is 13.8. The van der Waals surface area contributed by atoms with Gasteiger partial charge >= 0.3 is 0 Å². The first-order chi connectivity index (χ1) is 9.88. The normalized spacial score (nSPS) is 15.7. The van der Waals surface area contributed by atoms with Gasteiger partial charge in [-0.15, -0.1) is 0 Å². The number of nitrogens with zero attached hydrogens (tertiary/aromatic N) is 2. The van der Waals surface area contributed by atoms with Gasteiger partial charge in [-0.2, -0.15) is 0 Å². The summed E-state index contributed by atoms with van der Waals surface area (Å²) in [5.41, 5.74) is 2.30. The third-order valence-electron chi connectivity index (χ3n) is 3.88. The molecule has 0 aliphatic heterocycles. The molecule has 1 aliphatic rings. The number of ether oxygens (including phenoxy) is 1. The molecule has 4 heteroatoms. The molecule has 0 atom stereocenters. The molecule has 0 bridgehead atoms. The Bertz CT molecular complexity index is 558. The molecule has 20 heavy (non-hydrogen) atoms. The molecule has 0 spiro atoms. The maximum absolute atomic E-state index is 5.29. The van der Waals surface area contributed by atoms with E-state index in [2.05, 4.69) is 27.0 Å². The monoisotopic (exact) mass is 271 g/mol. The SMILES string of the molecule is COCc1ccccc1-n1ccnc1NC1CCCC1. The van der Waals surface area contributed by atoms with Gasteiger partial charge in [0.15, 0.2) is 0 Å². The molecule has 1 N–H and O–H groups in total. The molecule has 2 aromatic rings. The average Bonchev–Trinajstić information content (AvgIpc) is 3.12. The second-order valence-electron chi connectivity index (χ2n) is 5.31. The van der Waals surface area contributed by atoms with Crippen LogP contribution >= 0.6 is 0 Å². The molecule has 1 saturated carbocycles. The highest BCUT2D eigenvalue weighted by Crippen LogP contribution is 2.24. The minimum Gasteiger partial charge on any atom is -0.380 e. The van der Waals surface area contributed by atoms with Gasteiger partial charge in [0.1, 0.15) is 0 Å². The van der Waals surface area contributed by atoms with Crippen LogP contribution in [0.2, 0.25) is 0 Å². The zero-order valence-corrected chi connectivity index (χ0v) is 11.9. The van der Waals surface area contributed by atoms with Crippen molar-refractivity contribution in [3.05, 3.63) is 42.2 Å². The molecular weight excluding hydrogens is 250 g/mol. The molecule has 106 valence electrons. The van der Waals surface area contributed by atoms with E-state index in [4.69, 9.17) is 4.74 Å². The third kappa shape index (κ3) is 2.70. The van der Waals surface area contributed by atoms with Gasteiger partial charge in [0, 0.05) is 31.1 Å². The van der Waals surface area contributed by atoms with E-state index in [1.807, 2.05) is 24.5 Å². The summed E-state index contributed by atoms with van der Waals surface area (Å²) in [6, 6.07) is 8.85. The summed E-state index contributed by atoms with van der Waals surface area (Å²) in [6.07, 6.45) is 8.98. The van der Waals surface area contributed by atoms with E-state index in [9.17, 15) is 0 Å². The average molecular weight is 271 g/mol. The maximum atomic E-state index is 5.29. The molecular formula is C16H21N3O. The Hall–Kier alpha value is -1.81. The number of aromatic nitrogens is 2. The van der Waals surface area contributed by atoms with Crippen molar-refractivity contribution in [1.82, 2.24) is 9.55 Å². The van der Waals surface area contributed by atoms with Crippen molar-refractivity contribution in [2.75, 3.05) is 12.4 Å². The highest BCUT2D eigenvalue weighted by Gasteiger charge is 2.17. The van der Waals surface area contributed by atoms with Gasteiger partial charge in [0.2, 0.25) is 5.95 Å². The van der Waals surface area contributed by atoms with Crippen molar-refractivity contribution in [2.24, 2.45) is 0 Å². The van der Waals surface area contributed by atoms with E-state index < -0.39 is 0 Å². The molecule has 0 amide bonds. The largest absolute Gasteiger partial charge is 0.380 e. The van der Waals surface area contributed by atoms with Gasteiger partial charge in [-0.1, -0.05) is 31.0 Å². The molecule has 1 aromatic carbocycles. The summed E-state index contributed by atoms with van der Waals surface area (Å²) in [5.74, 6) is 0.931. The van der Waals surface area contributed by atoms with Crippen LogP contribution in [0.3, 0.4) is 0 Å². The van der Waals surface area contributed by atoms with Crippen molar-refractivity contribution < 1.29 is 4.74 Å². The molecule has 0 unspecified atom stereocenters. The molecule has 0 radical (unpaired) electrons. The zero-order valence-electron chi connectivity index (χ0n) is 11.9. The van der Waals surface area contributed by atoms with Crippen LogP contribution in [0, 0.1) is 0 Å². The van der Waals surface area contributed by atoms with Crippen LogP contribution in [0.15, 0.2) is 36.7 Å². The van der Waals surface area contributed by atoms with E-state index >= 15 is 0 Å². The number of imidazole rings is 1. The highest BCUT2D eigenvalue weighted by atomic mass is 16.5. The fourth-order valence-corrected chi connectivity index (χ4v) is 2.88. The summed E-state index contributed by atoms with van der Waals surface area (Å²) < 4.78 is 7.40. The summed E-state index contributed by atoms with van der Waals surface area (Å²) in [7, 11) is 1.72. The lowest BCUT2D eigenvalue weighted by Crippen LogP contribution is -2.18. The summed E-state index contributed by atoms with van der Waals surface area (Å²) >= 11 is 0. The number of benzene rings is 1. The quantitative estimate of drug-likeness (QED) is 0.906. The van der Waals surface area contributed by atoms with Crippen molar-refractivity contribution in [3.63, 3.8) is 0 Å². The smallest absolute Gasteiger partial charge is 0.207 e. The lowest BCUT2D eigenvalue weighted by Gasteiger charge is -2.16. The van der Waals surface area contributed by atoms with Crippen LogP contribution in [0.1, 0.15) is 31.2 Å². The van der Waals surface area contributed by atoms with E-state index in [0.717, 1.165) is 11.6 Å². The lowest BCUT2D eigenvalue weighted by molar-refractivity contribution is 0.185. The fraction of sp³-hybridized carbons (Fsp3) is 0.438. The van der Waals surface area contributed by atoms with Crippen LogP contribution in [-0.2, 0) is 11.3 Å². The second kappa shape index (κ2) is 6.09. The van der Waals surface area contributed by atoms with Crippen LogP contribution in [-0.4, -0.2) is 22.7 Å². The number of nitrogens with one attached hydrogen (secondary N) is 1. The standard InChI is InChI=1S/C16H21N3O/c1-20-12-13-6-2-5-9-15(13)19-11-10-17-16(19)18-14-7-3-4-8-14/h2,5-6,9-11,14H,3-4,7-8,12H2,1H3,(H,17,18). The summed E-state index contributed by atoms with van der Waals surface area (Å²) in [6.45, 7) is 0.608. The van der Waals surface area contributed by atoms with Gasteiger partial charge in [-0.05, 0) is 18.9 Å². The first-order valence-corrected chi connectivity index (χ1v) is 7.25. The van der Waals surface area contributed by atoms with Gasteiger partial charge in [-0.25, -0.2) is 4.98 Å². The van der Waals surface area contributed by atoms with Crippen LogP contribution in [0.4, 0.5) is 5.95 Å². The number of hydrogen-bond donors (Lipinski definition) is 1. The number of hydrogen-bond acceptors (Lipinski definition) is 3. The van der Waals surface area contributed by atoms with Crippen LogP contribution in [0.5, 0.6) is 0 Å². The van der Waals surface area contributed by atoms with E-state index in [0.29, 0.717) is 12.6 Å². The Balaban J connectivity index is 1.88. The van der Waals surface area contributed by atoms with Crippen molar-refractivity contribution in [2.45, 2.75) is 38.3 Å².